The zero-order valence-corrected chi connectivity index (χ0v) is 15.2. The topological polar surface area (TPSA) is 78.4 Å². The number of likely N-dealkylation sites (tertiary alicyclic amines) is 1. The number of aromatic nitrogens is 2. The minimum absolute atomic E-state index is 0.0914. The smallest absolute Gasteiger partial charge is 0.273 e. The van der Waals surface area contributed by atoms with Crippen molar-refractivity contribution in [3.05, 3.63) is 59.7 Å². The molecule has 0 saturated carbocycles. The number of nitrogens with zero attached hydrogens (tertiary/aromatic N) is 4. The molecular formula is C20H23N5O2. The van der Waals surface area contributed by atoms with Crippen molar-refractivity contribution in [3.63, 3.8) is 0 Å². The van der Waals surface area contributed by atoms with Gasteiger partial charge in [0.2, 0.25) is 0 Å². The van der Waals surface area contributed by atoms with Gasteiger partial charge in [0.1, 0.15) is 11.4 Å². The van der Waals surface area contributed by atoms with Crippen molar-refractivity contribution in [1.82, 2.24) is 25.1 Å². The van der Waals surface area contributed by atoms with Crippen LogP contribution in [0.1, 0.15) is 45.4 Å². The highest BCUT2D eigenvalue weighted by atomic mass is 16.2. The Morgan fingerprint density at radius 1 is 1.00 bits per heavy atom. The molecule has 2 aliphatic rings. The van der Waals surface area contributed by atoms with E-state index in [2.05, 4.69) is 15.3 Å². The lowest BCUT2D eigenvalue weighted by Crippen LogP contribution is -2.49. The van der Waals surface area contributed by atoms with Crippen LogP contribution >= 0.6 is 0 Å². The summed E-state index contributed by atoms with van der Waals surface area (Å²) in [6, 6.07) is 8.87. The zero-order chi connectivity index (χ0) is 18.6. The van der Waals surface area contributed by atoms with Crippen molar-refractivity contribution >= 4 is 11.8 Å². The molecule has 4 heterocycles. The van der Waals surface area contributed by atoms with Crippen LogP contribution in [0.3, 0.4) is 0 Å². The Labute approximate surface area is 158 Å². The number of pyridine rings is 2. The Morgan fingerprint density at radius 2 is 1.78 bits per heavy atom. The fraction of sp³-hybridized carbons (Fsp3) is 0.400. The summed E-state index contributed by atoms with van der Waals surface area (Å²) in [5.41, 5.74) is 1.65. The van der Waals surface area contributed by atoms with Gasteiger partial charge in [0.15, 0.2) is 0 Å². The predicted molar refractivity (Wildman–Crippen MR) is 100 cm³/mol. The van der Waals surface area contributed by atoms with Gasteiger partial charge in [-0.25, -0.2) is 4.98 Å². The number of amides is 2. The molecule has 1 N–H and O–H groups in total. The number of carbonyl (C=O) groups is 2. The lowest BCUT2D eigenvalue weighted by atomic mass is 10.0. The van der Waals surface area contributed by atoms with E-state index in [9.17, 15) is 9.59 Å². The molecule has 2 fully saturated rings. The van der Waals surface area contributed by atoms with Gasteiger partial charge in [0, 0.05) is 45.1 Å². The van der Waals surface area contributed by atoms with Crippen LogP contribution in [0.4, 0.5) is 0 Å². The molecule has 2 amide bonds. The minimum Gasteiger partial charge on any atom is -0.337 e. The number of carbonyl (C=O) groups excluding carboxylic acids is 2. The Hall–Kier alpha value is -2.80. The molecule has 0 radical (unpaired) electrons. The molecular weight excluding hydrogens is 342 g/mol. The monoisotopic (exact) mass is 365 g/mol. The third kappa shape index (κ3) is 3.68. The normalized spacial score (nSPS) is 19.9. The molecule has 2 saturated heterocycles. The molecule has 0 aromatic carbocycles. The van der Waals surface area contributed by atoms with Crippen LogP contribution in [-0.2, 0) is 0 Å². The average Bonchev–Trinajstić information content (AvgIpc) is 3.28. The van der Waals surface area contributed by atoms with Gasteiger partial charge in [-0.2, -0.15) is 0 Å². The lowest BCUT2D eigenvalue weighted by Gasteiger charge is -2.36. The van der Waals surface area contributed by atoms with Crippen LogP contribution in [0.2, 0.25) is 0 Å². The maximum Gasteiger partial charge on any atom is 0.273 e. The molecule has 2 aromatic rings. The molecule has 4 rings (SSSR count). The van der Waals surface area contributed by atoms with Gasteiger partial charge in [0.05, 0.1) is 6.04 Å². The van der Waals surface area contributed by atoms with Crippen LogP contribution in [0.15, 0.2) is 42.7 Å². The highest BCUT2D eigenvalue weighted by molar-refractivity contribution is 5.96. The van der Waals surface area contributed by atoms with Gasteiger partial charge >= 0.3 is 0 Å². The van der Waals surface area contributed by atoms with Crippen molar-refractivity contribution in [3.8, 4) is 0 Å². The van der Waals surface area contributed by atoms with Crippen molar-refractivity contribution in [2.45, 2.75) is 18.9 Å². The van der Waals surface area contributed by atoms with Gasteiger partial charge in [-0.1, -0.05) is 12.1 Å². The largest absolute Gasteiger partial charge is 0.337 e. The molecule has 2 aromatic heterocycles. The van der Waals surface area contributed by atoms with Gasteiger partial charge in [-0.15, -0.1) is 0 Å². The average molecular weight is 365 g/mol. The van der Waals surface area contributed by atoms with E-state index < -0.39 is 0 Å². The summed E-state index contributed by atoms with van der Waals surface area (Å²) in [6.45, 7) is 3.52. The highest BCUT2D eigenvalue weighted by Gasteiger charge is 2.30. The molecule has 27 heavy (non-hydrogen) atoms. The van der Waals surface area contributed by atoms with Crippen molar-refractivity contribution in [1.29, 1.82) is 0 Å². The van der Waals surface area contributed by atoms with Crippen LogP contribution < -0.4 is 5.32 Å². The fourth-order valence-electron chi connectivity index (χ4n) is 3.72. The number of nitrogens with one attached hydrogen (secondary N) is 1. The molecule has 140 valence electrons. The Balaban J connectivity index is 1.57. The summed E-state index contributed by atoms with van der Waals surface area (Å²) in [7, 11) is 0. The first kappa shape index (κ1) is 17.6. The second-order valence-electron chi connectivity index (χ2n) is 6.91. The van der Waals surface area contributed by atoms with E-state index in [0.29, 0.717) is 24.5 Å². The Kier molecular flexibility index (Phi) is 5.11. The van der Waals surface area contributed by atoms with Crippen molar-refractivity contribution in [2.75, 3.05) is 32.7 Å². The fourth-order valence-corrected chi connectivity index (χ4v) is 3.72. The first-order valence-corrected chi connectivity index (χ1v) is 9.42. The number of piperazine rings is 1. The minimum atomic E-state index is -0.151. The summed E-state index contributed by atoms with van der Waals surface area (Å²) in [4.78, 5) is 38.0. The summed E-state index contributed by atoms with van der Waals surface area (Å²) >= 11 is 0. The van der Waals surface area contributed by atoms with Crippen LogP contribution in [-0.4, -0.2) is 64.3 Å². The first-order chi connectivity index (χ1) is 13.2. The summed E-state index contributed by atoms with van der Waals surface area (Å²) in [5.74, 6) is -0.243. The number of hydrogen-bond donors (Lipinski definition) is 1. The summed E-state index contributed by atoms with van der Waals surface area (Å²) in [5, 5.41) is 3.33. The van der Waals surface area contributed by atoms with E-state index in [-0.39, 0.29) is 17.9 Å². The van der Waals surface area contributed by atoms with Gasteiger partial charge in [-0.05, 0) is 36.6 Å². The number of rotatable bonds is 3. The van der Waals surface area contributed by atoms with Gasteiger partial charge in [-0.3, -0.25) is 14.6 Å². The first-order valence-electron chi connectivity index (χ1n) is 9.42. The number of hydrogen-bond acceptors (Lipinski definition) is 5. The van der Waals surface area contributed by atoms with Crippen LogP contribution in [0.5, 0.6) is 0 Å². The van der Waals surface area contributed by atoms with Crippen molar-refractivity contribution < 1.29 is 9.59 Å². The van der Waals surface area contributed by atoms with E-state index in [1.54, 1.807) is 35.5 Å². The van der Waals surface area contributed by atoms with E-state index in [1.807, 2.05) is 17.0 Å². The van der Waals surface area contributed by atoms with E-state index in [1.165, 1.54) is 0 Å². The molecule has 1 unspecified atom stereocenters. The standard InChI is InChI=1S/C20H23N5O2/c26-19(24-10-1-2-11-24)16-6-3-7-17(23-16)20(27)25-12-9-22-14-18(25)15-5-4-8-21-13-15/h3-8,13,18,22H,1-2,9-12,14H2. The van der Waals surface area contributed by atoms with Gasteiger partial charge in [0.25, 0.3) is 11.8 Å². The lowest BCUT2D eigenvalue weighted by molar-refractivity contribution is 0.0627. The SMILES string of the molecule is O=C(c1cccc(C(=O)N2CCNCC2c2cccnc2)n1)N1CCCC1. The molecule has 7 heteroatoms. The van der Waals surface area contributed by atoms with E-state index >= 15 is 0 Å². The zero-order valence-electron chi connectivity index (χ0n) is 15.2. The molecule has 2 aliphatic heterocycles. The van der Waals surface area contributed by atoms with E-state index in [0.717, 1.165) is 38.0 Å². The molecule has 7 nitrogen and oxygen atoms in total. The third-order valence-electron chi connectivity index (χ3n) is 5.15. The van der Waals surface area contributed by atoms with Gasteiger partial charge < -0.3 is 15.1 Å². The summed E-state index contributed by atoms with van der Waals surface area (Å²) < 4.78 is 0. The summed E-state index contributed by atoms with van der Waals surface area (Å²) in [6.07, 6.45) is 5.56. The molecule has 0 spiro atoms. The maximum atomic E-state index is 13.2. The highest BCUT2D eigenvalue weighted by Crippen LogP contribution is 2.23. The Bertz CT molecular complexity index is 820. The predicted octanol–water partition coefficient (Wildman–Crippen LogP) is 1.50. The van der Waals surface area contributed by atoms with E-state index in [4.69, 9.17) is 0 Å². The Morgan fingerprint density at radius 3 is 2.52 bits per heavy atom. The second-order valence-corrected chi connectivity index (χ2v) is 6.91. The quantitative estimate of drug-likeness (QED) is 0.892. The van der Waals surface area contributed by atoms with Crippen LogP contribution in [0, 0.1) is 0 Å². The third-order valence-corrected chi connectivity index (χ3v) is 5.15. The molecule has 1 atom stereocenters. The molecule has 0 bridgehead atoms. The second kappa shape index (κ2) is 7.84. The maximum absolute atomic E-state index is 13.2. The van der Waals surface area contributed by atoms with Crippen molar-refractivity contribution in [2.24, 2.45) is 0 Å². The van der Waals surface area contributed by atoms with Crippen LogP contribution in [0.25, 0.3) is 0 Å². The molecule has 0 aliphatic carbocycles.